The van der Waals surface area contributed by atoms with Crippen molar-refractivity contribution < 1.29 is 13.2 Å². The summed E-state index contributed by atoms with van der Waals surface area (Å²) >= 11 is 3.22. The summed E-state index contributed by atoms with van der Waals surface area (Å²) in [6, 6.07) is 8.30. The molecule has 0 spiro atoms. The molecule has 106 valence electrons. The molecule has 0 N–H and O–H groups in total. The van der Waals surface area contributed by atoms with Crippen LogP contribution in [0.25, 0.3) is 0 Å². The summed E-state index contributed by atoms with van der Waals surface area (Å²) in [4.78, 5) is 4.01. The van der Waals surface area contributed by atoms with E-state index in [1.807, 2.05) is 0 Å². The molecule has 2 rings (SSSR count). The zero-order valence-electron chi connectivity index (χ0n) is 10.9. The van der Waals surface area contributed by atoms with Gasteiger partial charge in [-0.15, -0.1) is 0 Å². The van der Waals surface area contributed by atoms with Gasteiger partial charge in [-0.3, -0.25) is 9.29 Å². The number of hydrogen-bond acceptors (Lipinski definition) is 4. The molecular weight excluding hydrogens is 344 g/mol. The van der Waals surface area contributed by atoms with Crippen LogP contribution >= 0.6 is 15.9 Å². The molecule has 0 bridgehead atoms. The van der Waals surface area contributed by atoms with Gasteiger partial charge in [0.15, 0.2) is 0 Å². The Morgan fingerprint density at radius 2 is 1.85 bits per heavy atom. The molecule has 0 atom stereocenters. The molecule has 1 aromatic heterocycles. The first-order valence-electron chi connectivity index (χ1n) is 5.68. The first-order chi connectivity index (χ1) is 9.45. The van der Waals surface area contributed by atoms with Gasteiger partial charge in [0, 0.05) is 23.9 Å². The summed E-state index contributed by atoms with van der Waals surface area (Å²) in [5.74, 6) is 0.670. The highest BCUT2D eigenvalue weighted by molar-refractivity contribution is 9.10. The molecule has 0 aliphatic heterocycles. The monoisotopic (exact) mass is 356 g/mol. The molecule has 0 radical (unpaired) electrons. The Balaban J connectivity index is 2.37. The molecule has 1 heterocycles. The van der Waals surface area contributed by atoms with E-state index in [0.29, 0.717) is 15.9 Å². The predicted molar refractivity (Wildman–Crippen MR) is 80.5 cm³/mol. The third-order valence-corrected chi connectivity index (χ3v) is 4.96. The largest absolute Gasteiger partial charge is 0.497 e. The van der Waals surface area contributed by atoms with Gasteiger partial charge in [-0.05, 0) is 46.3 Å². The Bertz CT molecular complexity index is 702. The summed E-state index contributed by atoms with van der Waals surface area (Å²) in [5.41, 5.74) is 0.547. The van der Waals surface area contributed by atoms with Crippen LogP contribution in [-0.4, -0.2) is 27.6 Å². The van der Waals surface area contributed by atoms with Gasteiger partial charge in [0.25, 0.3) is 10.0 Å². The van der Waals surface area contributed by atoms with Crippen LogP contribution in [0.2, 0.25) is 0 Å². The normalized spacial score (nSPS) is 11.2. The Kier molecular flexibility index (Phi) is 4.29. The quantitative estimate of drug-likeness (QED) is 0.844. The van der Waals surface area contributed by atoms with Crippen LogP contribution in [0.15, 0.2) is 52.1 Å². The maximum atomic E-state index is 12.5. The Morgan fingerprint density at radius 3 is 2.40 bits per heavy atom. The highest BCUT2D eigenvalue weighted by Crippen LogP contribution is 2.24. The van der Waals surface area contributed by atoms with Gasteiger partial charge in [0.2, 0.25) is 0 Å². The van der Waals surface area contributed by atoms with Crippen molar-refractivity contribution in [3.05, 3.63) is 47.2 Å². The fraction of sp³-hybridized carbons (Fsp3) is 0.154. The topological polar surface area (TPSA) is 59.5 Å². The minimum atomic E-state index is -3.63. The Morgan fingerprint density at radius 1 is 1.20 bits per heavy atom. The van der Waals surface area contributed by atoms with Crippen molar-refractivity contribution in [2.45, 2.75) is 4.90 Å². The summed E-state index contributed by atoms with van der Waals surface area (Å²) in [6.07, 6.45) is 2.85. The lowest BCUT2D eigenvalue weighted by Gasteiger charge is -2.19. The second-order valence-electron chi connectivity index (χ2n) is 4.01. The van der Waals surface area contributed by atoms with Gasteiger partial charge in [-0.1, -0.05) is 0 Å². The van der Waals surface area contributed by atoms with Crippen LogP contribution in [-0.2, 0) is 10.0 Å². The van der Waals surface area contributed by atoms with Crippen molar-refractivity contribution >= 4 is 31.6 Å². The molecule has 0 aliphatic rings. The van der Waals surface area contributed by atoms with E-state index in [1.165, 1.54) is 29.8 Å². The highest BCUT2D eigenvalue weighted by Gasteiger charge is 2.21. The molecule has 0 fully saturated rings. The van der Waals surface area contributed by atoms with E-state index >= 15 is 0 Å². The van der Waals surface area contributed by atoms with Crippen LogP contribution in [0.1, 0.15) is 0 Å². The van der Waals surface area contributed by atoms with Gasteiger partial charge in [0.1, 0.15) is 10.6 Å². The van der Waals surface area contributed by atoms with Gasteiger partial charge >= 0.3 is 0 Å². The third kappa shape index (κ3) is 2.94. The minimum absolute atomic E-state index is 0.130. The maximum absolute atomic E-state index is 12.5. The predicted octanol–water partition coefficient (Wildman–Crippen LogP) is 2.68. The minimum Gasteiger partial charge on any atom is -0.497 e. The standard InChI is InChI=1S/C13H13BrN2O3S/c1-16(11-3-5-12(19-2)6-4-11)20(17,18)13-7-10(14)8-15-9-13/h3-9H,1-2H3. The number of aromatic nitrogens is 1. The fourth-order valence-corrected chi connectivity index (χ4v) is 3.32. The molecule has 7 heteroatoms. The van der Waals surface area contributed by atoms with E-state index in [9.17, 15) is 8.42 Å². The lowest BCUT2D eigenvalue weighted by atomic mass is 10.3. The SMILES string of the molecule is COc1ccc(N(C)S(=O)(=O)c2cncc(Br)c2)cc1. The number of methoxy groups -OCH3 is 1. The number of ether oxygens (including phenoxy) is 1. The van der Waals surface area contributed by atoms with Crippen molar-refractivity contribution in [2.75, 3.05) is 18.5 Å². The Hall–Kier alpha value is -1.60. The van der Waals surface area contributed by atoms with Crippen LogP contribution in [0.4, 0.5) is 5.69 Å². The van der Waals surface area contributed by atoms with E-state index in [4.69, 9.17) is 4.74 Å². The first kappa shape index (κ1) is 14.8. The maximum Gasteiger partial charge on any atom is 0.265 e. The third-order valence-electron chi connectivity index (χ3n) is 2.77. The van der Waals surface area contributed by atoms with Gasteiger partial charge in [0.05, 0.1) is 12.8 Å². The second-order valence-corrected chi connectivity index (χ2v) is 6.89. The molecule has 0 amide bonds. The fourth-order valence-electron chi connectivity index (χ4n) is 1.62. The van der Waals surface area contributed by atoms with Crippen LogP contribution in [0.3, 0.4) is 0 Å². The van der Waals surface area contributed by atoms with Crippen LogP contribution in [0.5, 0.6) is 5.75 Å². The lowest BCUT2D eigenvalue weighted by Crippen LogP contribution is -2.26. The number of rotatable bonds is 4. The first-order valence-corrected chi connectivity index (χ1v) is 7.92. The van der Waals surface area contributed by atoms with Crippen LogP contribution < -0.4 is 9.04 Å². The summed E-state index contributed by atoms with van der Waals surface area (Å²) < 4.78 is 31.8. The number of nitrogens with zero attached hydrogens (tertiary/aromatic N) is 2. The van der Waals surface area contributed by atoms with Crippen molar-refractivity contribution in [3.63, 3.8) is 0 Å². The number of sulfonamides is 1. The van der Waals surface area contributed by atoms with E-state index in [-0.39, 0.29) is 4.90 Å². The van der Waals surface area contributed by atoms with Crippen molar-refractivity contribution in [1.29, 1.82) is 0 Å². The second kappa shape index (κ2) is 5.80. The van der Waals surface area contributed by atoms with Crippen molar-refractivity contribution in [2.24, 2.45) is 0 Å². The number of halogens is 1. The average Bonchev–Trinajstić information content (AvgIpc) is 2.46. The van der Waals surface area contributed by atoms with E-state index in [1.54, 1.807) is 31.4 Å². The number of hydrogen-bond donors (Lipinski definition) is 0. The van der Waals surface area contributed by atoms with Gasteiger partial charge in [-0.25, -0.2) is 8.42 Å². The summed E-state index contributed by atoms with van der Waals surface area (Å²) in [6.45, 7) is 0. The van der Waals surface area contributed by atoms with Crippen molar-refractivity contribution in [1.82, 2.24) is 4.98 Å². The zero-order chi connectivity index (χ0) is 14.8. The molecule has 20 heavy (non-hydrogen) atoms. The van der Waals surface area contributed by atoms with Crippen LogP contribution in [0, 0.1) is 0 Å². The molecule has 2 aromatic rings. The van der Waals surface area contributed by atoms with E-state index in [0.717, 1.165) is 0 Å². The molecular formula is C13H13BrN2O3S. The number of anilines is 1. The average molecular weight is 357 g/mol. The number of benzene rings is 1. The molecule has 0 saturated heterocycles. The molecule has 1 aromatic carbocycles. The molecule has 0 unspecified atom stereocenters. The smallest absolute Gasteiger partial charge is 0.265 e. The highest BCUT2D eigenvalue weighted by atomic mass is 79.9. The summed E-state index contributed by atoms with van der Waals surface area (Å²) in [7, 11) is -0.578. The van der Waals surface area contributed by atoms with Gasteiger partial charge < -0.3 is 4.74 Å². The summed E-state index contributed by atoms with van der Waals surface area (Å²) in [5, 5.41) is 0. The van der Waals surface area contributed by atoms with E-state index in [2.05, 4.69) is 20.9 Å². The zero-order valence-corrected chi connectivity index (χ0v) is 13.3. The molecule has 0 saturated carbocycles. The van der Waals surface area contributed by atoms with E-state index < -0.39 is 10.0 Å². The van der Waals surface area contributed by atoms with Gasteiger partial charge in [-0.2, -0.15) is 0 Å². The number of pyridine rings is 1. The molecule has 0 aliphatic carbocycles. The molecule has 5 nitrogen and oxygen atoms in total. The van der Waals surface area contributed by atoms with Crippen molar-refractivity contribution in [3.8, 4) is 5.75 Å². The lowest BCUT2D eigenvalue weighted by molar-refractivity contribution is 0.415. The Labute approximate surface area is 126 Å².